The first-order valence-electron chi connectivity index (χ1n) is 15.0. The number of piperidine rings is 1. The summed E-state index contributed by atoms with van der Waals surface area (Å²) in [7, 11) is 1.74. The third kappa shape index (κ3) is 6.93. The minimum absolute atomic E-state index is 0.363. The fourth-order valence-corrected chi connectivity index (χ4v) is 6.58. The Labute approximate surface area is 240 Å². The van der Waals surface area contributed by atoms with Crippen LogP contribution >= 0.6 is 0 Å². The van der Waals surface area contributed by atoms with Crippen LogP contribution in [0.1, 0.15) is 68.2 Å². The van der Waals surface area contributed by atoms with Crippen LogP contribution in [0.25, 0.3) is 0 Å². The predicted molar refractivity (Wildman–Crippen MR) is 164 cm³/mol. The van der Waals surface area contributed by atoms with Gasteiger partial charge in [-0.05, 0) is 109 Å². The van der Waals surface area contributed by atoms with E-state index in [1.807, 2.05) is 12.1 Å². The molecule has 1 N–H and O–H groups in total. The lowest BCUT2D eigenvalue weighted by atomic mass is 9.79. The van der Waals surface area contributed by atoms with Gasteiger partial charge in [-0.2, -0.15) is 0 Å². The van der Waals surface area contributed by atoms with Gasteiger partial charge in [-0.25, -0.2) is 0 Å². The summed E-state index contributed by atoms with van der Waals surface area (Å²) in [6.45, 7) is 12.8. The smallest absolute Gasteiger partial charge is 0.120 e. The van der Waals surface area contributed by atoms with Crippen molar-refractivity contribution < 1.29 is 14.6 Å². The number of methoxy groups -OCH3 is 1. The van der Waals surface area contributed by atoms with Gasteiger partial charge in [-0.15, -0.1) is 0 Å². The summed E-state index contributed by atoms with van der Waals surface area (Å²) >= 11 is 0. The molecular weight excluding hydrogens is 496 g/mol. The highest BCUT2D eigenvalue weighted by atomic mass is 16.5. The van der Waals surface area contributed by atoms with Gasteiger partial charge in [-0.1, -0.05) is 38.1 Å². The van der Waals surface area contributed by atoms with Crippen molar-refractivity contribution in [2.24, 2.45) is 5.41 Å². The number of nitrogens with zero attached hydrogens (tertiary/aromatic N) is 2. The van der Waals surface area contributed by atoms with E-state index in [4.69, 9.17) is 9.47 Å². The lowest BCUT2D eigenvalue weighted by Gasteiger charge is -2.37. The molecule has 2 aliphatic rings. The average molecular weight is 543 g/mol. The fourth-order valence-electron chi connectivity index (χ4n) is 6.58. The normalized spacial score (nSPS) is 18.6. The molecule has 1 aliphatic carbocycles. The van der Waals surface area contributed by atoms with E-state index in [1.165, 1.54) is 47.3 Å². The van der Waals surface area contributed by atoms with Gasteiger partial charge in [0.1, 0.15) is 23.9 Å². The van der Waals surface area contributed by atoms with Crippen LogP contribution in [0.15, 0.2) is 60.7 Å². The van der Waals surface area contributed by atoms with Crippen LogP contribution in [0.4, 0.5) is 5.69 Å². The Morgan fingerprint density at radius 1 is 1.00 bits per heavy atom. The number of ether oxygens (including phenoxy) is 2. The number of phenolic OH excluding ortho intramolecular Hbond substituents is 1. The minimum atomic E-state index is 0.363. The first-order chi connectivity index (χ1) is 19.3. The number of benzene rings is 3. The number of hydrogen-bond donors (Lipinski definition) is 1. The van der Waals surface area contributed by atoms with Crippen molar-refractivity contribution >= 4 is 5.69 Å². The number of rotatable bonds is 10. The van der Waals surface area contributed by atoms with Crippen molar-refractivity contribution in [2.45, 2.75) is 65.3 Å². The molecule has 0 spiro atoms. The Bertz CT molecular complexity index is 1270. The summed E-state index contributed by atoms with van der Waals surface area (Å²) in [4.78, 5) is 5.00. The van der Waals surface area contributed by atoms with Crippen molar-refractivity contribution in [2.75, 3.05) is 44.8 Å². The van der Waals surface area contributed by atoms with E-state index >= 15 is 0 Å². The fraction of sp³-hybridized carbons (Fsp3) is 0.486. The molecule has 0 aromatic heterocycles. The molecular formula is C35H46N2O3. The monoisotopic (exact) mass is 542 g/mol. The van der Waals surface area contributed by atoms with E-state index in [9.17, 15) is 5.11 Å². The zero-order valence-corrected chi connectivity index (χ0v) is 24.8. The largest absolute Gasteiger partial charge is 0.508 e. The molecule has 0 radical (unpaired) electrons. The third-order valence-electron chi connectivity index (χ3n) is 8.77. The summed E-state index contributed by atoms with van der Waals surface area (Å²) in [5.41, 5.74) is 6.93. The van der Waals surface area contributed by atoms with Crippen LogP contribution in [0.5, 0.6) is 17.2 Å². The van der Waals surface area contributed by atoms with Crippen LogP contribution in [0.2, 0.25) is 0 Å². The highest BCUT2D eigenvalue weighted by Crippen LogP contribution is 2.40. The van der Waals surface area contributed by atoms with Crippen LogP contribution < -0.4 is 14.4 Å². The molecule has 1 atom stereocenters. The Hall–Kier alpha value is -3.18. The molecule has 3 aromatic carbocycles. The first-order valence-corrected chi connectivity index (χ1v) is 15.0. The van der Waals surface area contributed by atoms with Gasteiger partial charge in [0, 0.05) is 37.9 Å². The van der Waals surface area contributed by atoms with Gasteiger partial charge in [0.25, 0.3) is 0 Å². The number of fused-ring (bicyclic) bond motifs is 1. The van der Waals surface area contributed by atoms with Gasteiger partial charge < -0.3 is 19.5 Å². The summed E-state index contributed by atoms with van der Waals surface area (Å²) in [6.07, 6.45) is 5.66. The van der Waals surface area contributed by atoms with Crippen LogP contribution in [0, 0.1) is 5.41 Å². The summed E-state index contributed by atoms with van der Waals surface area (Å²) < 4.78 is 11.8. The zero-order valence-electron chi connectivity index (χ0n) is 24.8. The zero-order chi connectivity index (χ0) is 28.1. The van der Waals surface area contributed by atoms with E-state index in [0.717, 1.165) is 63.5 Å². The van der Waals surface area contributed by atoms with E-state index in [0.29, 0.717) is 17.1 Å². The first kappa shape index (κ1) is 28.4. The third-order valence-corrected chi connectivity index (χ3v) is 8.77. The molecule has 214 valence electrons. The van der Waals surface area contributed by atoms with Crippen molar-refractivity contribution in [3.05, 3.63) is 82.9 Å². The van der Waals surface area contributed by atoms with E-state index in [-0.39, 0.29) is 0 Å². The Morgan fingerprint density at radius 3 is 2.55 bits per heavy atom. The SMILES string of the molecule is CCN(Cc1ccc(OCCN2CCCC(C)(C)C2)cc1)c1cc(OC)ccc1C1CCc2cc(O)ccc2C1. The molecule has 0 saturated carbocycles. The number of hydrogen-bond acceptors (Lipinski definition) is 5. The average Bonchev–Trinajstić information content (AvgIpc) is 2.95. The maximum Gasteiger partial charge on any atom is 0.120 e. The number of likely N-dealkylation sites (tertiary alicyclic amines) is 1. The van der Waals surface area contributed by atoms with E-state index in [2.05, 4.69) is 79.1 Å². The Balaban J connectivity index is 1.25. The molecule has 3 aromatic rings. The molecule has 1 heterocycles. The highest BCUT2D eigenvalue weighted by Gasteiger charge is 2.26. The molecule has 5 heteroatoms. The lowest BCUT2D eigenvalue weighted by Crippen LogP contribution is -2.41. The second-order valence-corrected chi connectivity index (χ2v) is 12.4. The Morgan fingerprint density at radius 2 is 1.80 bits per heavy atom. The summed E-state index contributed by atoms with van der Waals surface area (Å²) in [5.74, 6) is 2.63. The summed E-state index contributed by atoms with van der Waals surface area (Å²) in [5, 5.41) is 9.92. The van der Waals surface area contributed by atoms with Crippen molar-refractivity contribution in [3.63, 3.8) is 0 Å². The molecule has 1 fully saturated rings. The molecule has 5 nitrogen and oxygen atoms in total. The molecule has 0 amide bonds. The molecule has 5 rings (SSSR count). The van der Waals surface area contributed by atoms with Crippen LogP contribution in [-0.4, -0.2) is 49.9 Å². The highest BCUT2D eigenvalue weighted by molar-refractivity contribution is 5.60. The molecule has 1 aliphatic heterocycles. The standard InChI is InChI=1S/C35H46N2O3/c1-5-37(24-26-7-13-31(14-8-26)40-20-19-36-18-6-17-35(2,3)25-36)34-23-32(39-4)15-16-33(34)29-10-9-28-22-30(38)12-11-27(28)21-29/h7-8,11-16,22-23,29,38H,5-6,9-10,17-21,24-25H2,1-4H3. The Kier molecular flexibility index (Phi) is 8.90. The van der Waals surface area contributed by atoms with Crippen molar-refractivity contribution in [1.82, 2.24) is 4.90 Å². The van der Waals surface area contributed by atoms with Gasteiger partial charge in [0.15, 0.2) is 0 Å². The second-order valence-electron chi connectivity index (χ2n) is 12.4. The molecule has 40 heavy (non-hydrogen) atoms. The second kappa shape index (κ2) is 12.6. The minimum Gasteiger partial charge on any atom is -0.508 e. The number of phenols is 1. The molecule has 1 saturated heterocycles. The predicted octanol–water partition coefficient (Wildman–Crippen LogP) is 7.20. The quantitative estimate of drug-likeness (QED) is 0.294. The van der Waals surface area contributed by atoms with Crippen LogP contribution in [-0.2, 0) is 19.4 Å². The number of anilines is 1. The molecule has 0 bridgehead atoms. The number of aryl methyl sites for hydroxylation is 1. The van der Waals surface area contributed by atoms with Gasteiger partial charge in [0.05, 0.1) is 7.11 Å². The van der Waals surface area contributed by atoms with Crippen LogP contribution in [0.3, 0.4) is 0 Å². The number of aromatic hydroxyl groups is 1. The van der Waals surface area contributed by atoms with E-state index < -0.39 is 0 Å². The maximum atomic E-state index is 9.92. The summed E-state index contributed by atoms with van der Waals surface area (Å²) in [6, 6.07) is 21.0. The topological polar surface area (TPSA) is 45.2 Å². The lowest BCUT2D eigenvalue weighted by molar-refractivity contribution is 0.102. The van der Waals surface area contributed by atoms with Gasteiger partial charge in [0.2, 0.25) is 0 Å². The molecule has 1 unspecified atom stereocenters. The maximum absolute atomic E-state index is 9.92. The van der Waals surface area contributed by atoms with E-state index in [1.54, 1.807) is 7.11 Å². The van der Waals surface area contributed by atoms with Gasteiger partial charge >= 0.3 is 0 Å². The van der Waals surface area contributed by atoms with Crippen molar-refractivity contribution in [3.8, 4) is 17.2 Å². The van der Waals surface area contributed by atoms with Gasteiger partial charge in [-0.3, -0.25) is 4.90 Å². The van der Waals surface area contributed by atoms with Crippen molar-refractivity contribution in [1.29, 1.82) is 0 Å².